The van der Waals surface area contributed by atoms with Crippen molar-refractivity contribution in [1.29, 1.82) is 0 Å². The lowest BCUT2D eigenvalue weighted by molar-refractivity contribution is 0.0782. The first-order valence-electron chi connectivity index (χ1n) is 6.55. The van der Waals surface area contributed by atoms with Gasteiger partial charge in [-0.2, -0.15) is 0 Å². The van der Waals surface area contributed by atoms with Crippen LogP contribution in [0.3, 0.4) is 0 Å². The molecule has 2 unspecified atom stereocenters. The molecule has 0 aromatic heterocycles. The first kappa shape index (κ1) is 13.3. The lowest BCUT2D eigenvalue weighted by Gasteiger charge is -2.23. The van der Waals surface area contributed by atoms with E-state index in [1.807, 2.05) is 32.0 Å². The van der Waals surface area contributed by atoms with Crippen molar-refractivity contribution in [3.05, 3.63) is 29.8 Å². The standard InChI is InChI=1S/C14H22N2O2/c1-10(2)18-12-6-3-5-11(9-12)14(16-15)13-7-4-8-17-13/h3,5-6,9-10,13-14,16H,4,7-8,15H2,1-2H3. The van der Waals surface area contributed by atoms with Crippen LogP contribution in [0.25, 0.3) is 0 Å². The van der Waals surface area contributed by atoms with Crippen molar-refractivity contribution in [2.24, 2.45) is 5.84 Å². The molecule has 0 aliphatic carbocycles. The molecule has 2 atom stereocenters. The Kier molecular flexibility index (Phi) is 4.58. The molecule has 2 rings (SSSR count). The highest BCUT2D eigenvalue weighted by Crippen LogP contribution is 2.28. The van der Waals surface area contributed by atoms with Crippen LogP contribution >= 0.6 is 0 Å². The molecule has 1 aromatic rings. The molecular formula is C14H22N2O2. The largest absolute Gasteiger partial charge is 0.491 e. The van der Waals surface area contributed by atoms with Gasteiger partial charge in [-0.15, -0.1) is 0 Å². The Morgan fingerprint density at radius 1 is 1.44 bits per heavy atom. The van der Waals surface area contributed by atoms with E-state index in [2.05, 4.69) is 11.5 Å². The summed E-state index contributed by atoms with van der Waals surface area (Å²) < 4.78 is 11.4. The Bertz CT molecular complexity index is 376. The number of ether oxygens (including phenoxy) is 2. The monoisotopic (exact) mass is 250 g/mol. The molecule has 1 aromatic carbocycles. The second-order valence-electron chi connectivity index (χ2n) is 4.93. The van der Waals surface area contributed by atoms with Crippen LogP contribution in [0.5, 0.6) is 5.75 Å². The molecule has 1 aliphatic rings. The van der Waals surface area contributed by atoms with Crippen LogP contribution in [0.15, 0.2) is 24.3 Å². The molecular weight excluding hydrogens is 228 g/mol. The molecule has 1 aliphatic heterocycles. The average molecular weight is 250 g/mol. The number of nitrogens with two attached hydrogens (primary N) is 1. The fraction of sp³-hybridized carbons (Fsp3) is 0.571. The molecule has 1 fully saturated rings. The van der Waals surface area contributed by atoms with E-state index >= 15 is 0 Å². The zero-order valence-corrected chi connectivity index (χ0v) is 11.1. The average Bonchev–Trinajstić information content (AvgIpc) is 2.83. The zero-order valence-electron chi connectivity index (χ0n) is 11.1. The minimum Gasteiger partial charge on any atom is -0.491 e. The highest BCUT2D eigenvalue weighted by atomic mass is 16.5. The van der Waals surface area contributed by atoms with E-state index in [0.29, 0.717) is 0 Å². The van der Waals surface area contributed by atoms with Crippen molar-refractivity contribution in [2.45, 2.75) is 44.9 Å². The van der Waals surface area contributed by atoms with Gasteiger partial charge in [0.25, 0.3) is 0 Å². The van der Waals surface area contributed by atoms with Gasteiger partial charge in [-0.1, -0.05) is 12.1 Å². The first-order chi connectivity index (χ1) is 8.70. The molecule has 100 valence electrons. The van der Waals surface area contributed by atoms with Gasteiger partial charge in [0.15, 0.2) is 0 Å². The van der Waals surface area contributed by atoms with E-state index in [0.717, 1.165) is 30.8 Å². The third kappa shape index (κ3) is 3.22. The molecule has 4 nitrogen and oxygen atoms in total. The molecule has 0 saturated carbocycles. The van der Waals surface area contributed by atoms with Gasteiger partial charge in [0, 0.05) is 6.61 Å². The first-order valence-corrected chi connectivity index (χ1v) is 6.55. The van der Waals surface area contributed by atoms with Crippen LogP contribution in [-0.4, -0.2) is 18.8 Å². The van der Waals surface area contributed by atoms with Gasteiger partial charge in [0.2, 0.25) is 0 Å². The van der Waals surface area contributed by atoms with E-state index in [1.165, 1.54) is 0 Å². The Labute approximate surface area is 108 Å². The van der Waals surface area contributed by atoms with Gasteiger partial charge in [-0.3, -0.25) is 11.3 Å². The Morgan fingerprint density at radius 3 is 2.89 bits per heavy atom. The highest BCUT2D eigenvalue weighted by molar-refractivity contribution is 5.31. The van der Waals surface area contributed by atoms with Gasteiger partial charge in [-0.25, -0.2) is 0 Å². The van der Waals surface area contributed by atoms with Crippen LogP contribution in [-0.2, 0) is 4.74 Å². The normalized spacial score (nSPS) is 21.2. The van der Waals surface area contributed by atoms with E-state index in [-0.39, 0.29) is 18.2 Å². The summed E-state index contributed by atoms with van der Waals surface area (Å²) in [5.74, 6) is 6.54. The molecule has 0 bridgehead atoms. The Morgan fingerprint density at radius 2 is 2.28 bits per heavy atom. The quantitative estimate of drug-likeness (QED) is 0.621. The third-order valence-electron chi connectivity index (χ3n) is 3.11. The van der Waals surface area contributed by atoms with Crippen molar-refractivity contribution in [3.8, 4) is 5.75 Å². The van der Waals surface area contributed by atoms with Gasteiger partial charge in [-0.05, 0) is 44.4 Å². The van der Waals surface area contributed by atoms with Gasteiger partial charge >= 0.3 is 0 Å². The maximum atomic E-state index is 5.70. The summed E-state index contributed by atoms with van der Waals surface area (Å²) in [6.45, 7) is 4.86. The van der Waals surface area contributed by atoms with Crippen molar-refractivity contribution >= 4 is 0 Å². The van der Waals surface area contributed by atoms with Crippen LogP contribution < -0.4 is 16.0 Å². The van der Waals surface area contributed by atoms with Gasteiger partial charge in [0.05, 0.1) is 18.2 Å². The van der Waals surface area contributed by atoms with Crippen LogP contribution in [0.4, 0.5) is 0 Å². The van der Waals surface area contributed by atoms with Crippen LogP contribution in [0.1, 0.15) is 38.3 Å². The molecule has 4 heteroatoms. The number of hydrogen-bond donors (Lipinski definition) is 2. The summed E-state index contributed by atoms with van der Waals surface area (Å²) in [4.78, 5) is 0. The lowest BCUT2D eigenvalue weighted by atomic mass is 10.00. The smallest absolute Gasteiger partial charge is 0.120 e. The molecule has 0 radical (unpaired) electrons. The predicted molar refractivity (Wildman–Crippen MR) is 71.2 cm³/mol. The number of hydrogen-bond acceptors (Lipinski definition) is 4. The lowest BCUT2D eigenvalue weighted by Crippen LogP contribution is -2.36. The molecule has 1 heterocycles. The molecule has 1 saturated heterocycles. The fourth-order valence-corrected chi connectivity index (χ4v) is 2.34. The number of nitrogens with one attached hydrogen (secondary N) is 1. The van der Waals surface area contributed by atoms with E-state index in [1.54, 1.807) is 0 Å². The fourth-order valence-electron chi connectivity index (χ4n) is 2.34. The maximum absolute atomic E-state index is 5.70. The van der Waals surface area contributed by atoms with Crippen molar-refractivity contribution in [3.63, 3.8) is 0 Å². The SMILES string of the molecule is CC(C)Oc1cccc(C(NN)C2CCCO2)c1. The maximum Gasteiger partial charge on any atom is 0.120 e. The second-order valence-corrected chi connectivity index (χ2v) is 4.93. The summed E-state index contributed by atoms with van der Waals surface area (Å²) in [5, 5.41) is 0. The van der Waals surface area contributed by atoms with Crippen molar-refractivity contribution in [1.82, 2.24) is 5.43 Å². The molecule has 18 heavy (non-hydrogen) atoms. The second kappa shape index (κ2) is 6.18. The molecule has 3 N–H and O–H groups in total. The summed E-state index contributed by atoms with van der Waals surface area (Å²) in [5.41, 5.74) is 3.97. The molecule has 0 spiro atoms. The minimum atomic E-state index is 0.0308. The van der Waals surface area contributed by atoms with Gasteiger partial charge < -0.3 is 9.47 Å². The Balaban J connectivity index is 2.14. The summed E-state index contributed by atoms with van der Waals surface area (Å²) in [7, 11) is 0. The highest BCUT2D eigenvalue weighted by Gasteiger charge is 2.26. The van der Waals surface area contributed by atoms with Crippen LogP contribution in [0.2, 0.25) is 0 Å². The van der Waals surface area contributed by atoms with Crippen molar-refractivity contribution in [2.75, 3.05) is 6.61 Å². The van der Waals surface area contributed by atoms with Crippen molar-refractivity contribution < 1.29 is 9.47 Å². The predicted octanol–water partition coefficient (Wildman–Crippen LogP) is 2.16. The number of hydrazine groups is 1. The Hall–Kier alpha value is -1.10. The zero-order chi connectivity index (χ0) is 13.0. The van der Waals surface area contributed by atoms with Gasteiger partial charge in [0.1, 0.15) is 5.75 Å². The summed E-state index contributed by atoms with van der Waals surface area (Å²) >= 11 is 0. The van der Waals surface area contributed by atoms with E-state index in [9.17, 15) is 0 Å². The minimum absolute atomic E-state index is 0.0308. The molecule has 0 amide bonds. The third-order valence-corrected chi connectivity index (χ3v) is 3.11. The summed E-state index contributed by atoms with van der Waals surface area (Å²) in [6, 6.07) is 8.08. The number of rotatable bonds is 5. The number of benzene rings is 1. The van der Waals surface area contributed by atoms with E-state index in [4.69, 9.17) is 15.3 Å². The topological polar surface area (TPSA) is 56.5 Å². The van der Waals surface area contributed by atoms with E-state index < -0.39 is 0 Å². The summed E-state index contributed by atoms with van der Waals surface area (Å²) in [6.07, 6.45) is 2.48. The van der Waals surface area contributed by atoms with Crippen LogP contribution in [0, 0.1) is 0 Å².